The quantitative estimate of drug-likeness (QED) is 0.890. The van der Waals surface area contributed by atoms with Gasteiger partial charge >= 0.3 is 0 Å². The number of aromatic nitrogens is 1. The van der Waals surface area contributed by atoms with E-state index in [0.29, 0.717) is 19.5 Å². The third-order valence-electron chi connectivity index (χ3n) is 4.95. The lowest BCUT2D eigenvalue weighted by Crippen LogP contribution is -2.54. The second kappa shape index (κ2) is 6.66. The molecule has 2 aliphatic heterocycles. The van der Waals surface area contributed by atoms with Gasteiger partial charge < -0.3 is 10.6 Å². The van der Waals surface area contributed by atoms with Crippen LogP contribution in [0.25, 0.3) is 0 Å². The topological polar surface area (TPSA) is 79.5 Å². The van der Waals surface area contributed by atoms with Gasteiger partial charge in [0.1, 0.15) is 0 Å². The van der Waals surface area contributed by atoms with Gasteiger partial charge in [-0.15, -0.1) is 0 Å². The van der Waals surface area contributed by atoms with Crippen molar-refractivity contribution in [3.05, 3.63) is 30.1 Å². The molecule has 1 atom stereocenters. The summed E-state index contributed by atoms with van der Waals surface area (Å²) < 4.78 is 0. The van der Waals surface area contributed by atoms with E-state index in [1.807, 2.05) is 23.1 Å². The molecule has 2 aliphatic rings. The van der Waals surface area contributed by atoms with E-state index in [4.69, 9.17) is 5.73 Å². The molecule has 0 radical (unpaired) electrons. The van der Waals surface area contributed by atoms with Gasteiger partial charge in [-0.25, -0.2) is 0 Å². The summed E-state index contributed by atoms with van der Waals surface area (Å²) in [6, 6.07) is 5.78. The molecular weight excluding hydrogens is 292 g/mol. The second-order valence-electron chi connectivity index (χ2n) is 6.85. The summed E-state index contributed by atoms with van der Waals surface area (Å²) in [5, 5.41) is 0. The molecule has 0 bridgehead atoms. The van der Waals surface area contributed by atoms with Gasteiger partial charge in [0.25, 0.3) is 0 Å². The third-order valence-corrected chi connectivity index (χ3v) is 4.95. The summed E-state index contributed by atoms with van der Waals surface area (Å²) in [4.78, 5) is 31.9. The first-order valence-electron chi connectivity index (χ1n) is 8.25. The predicted octanol–water partition coefficient (Wildman–Crippen LogP) is 0.772. The lowest BCUT2D eigenvalue weighted by molar-refractivity contribution is -0.140. The third kappa shape index (κ3) is 3.88. The van der Waals surface area contributed by atoms with Gasteiger partial charge in [-0.05, 0) is 37.9 Å². The van der Waals surface area contributed by atoms with Crippen LogP contribution in [0.2, 0.25) is 0 Å². The standard InChI is InChI=1S/C17H24N4O2/c18-15(22)11-20-9-3-6-17(12-20)7-5-16(23)21(13-17)10-14-4-1-2-8-19-14/h1-2,4,8H,3,5-7,9-13H2,(H2,18,22)/t17-/m1/s1. The number of nitrogens with zero attached hydrogens (tertiary/aromatic N) is 3. The summed E-state index contributed by atoms with van der Waals surface area (Å²) in [6.45, 7) is 3.39. The maximum absolute atomic E-state index is 12.3. The van der Waals surface area contributed by atoms with Gasteiger partial charge in [0.05, 0.1) is 18.8 Å². The van der Waals surface area contributed by atoms with Gasteiger partial charge in [-0.2, -0.15) is 0 Å². The number of hydrogen-bond acceptors (Lipinski definition) is 4. The predicted molar refractivity (Wildman–Crippen MR) is 86.2 cm³/mol. The summed E-state index contributed by atoms with van der Waals surface area (Å²) >= 11 is 0. The van der Waals surface area contributed by atoms with Crippen molar-refractivity contribution in [1.82, 2.24) is 14.8 Å². The number of nitrogens with two attached hydrogens (primary N) is 1. The minimum atomic E-state index is -0.278. The fourth-order valence-corrected chi connectivity index (χ4v) is 3.93. The number of carbonyl (C=O) groups is 2. The molecule has 0 aromatic carbocycles. The number of carbonyl (C=O) groups excluding carboxylic acids is 2. The Hall–Kier alpha value is -1.95. The average molecular weight is 316 g/mol. The monoisotopic (exact) mass is 316 g/mol. The number of piperidine rings is 2. The number of rotatable bonds is 4. The van der Waals surface area contributed by atoms with E-state index in [0.717, 1.165) is 44.6 Å². The number of amides is 2. The van der Waals surface area contributed by atoms with Crippen LogP contribution in [0.5, 0.6) is 0 Å². The molecule has 0 saturated carbocycles. The molecule has 2 amide bonds. The Morgan fingerprint density at radius 2 is 2.17 bits per heavy atom. The first-order valence-corrected chi connectivity index (χ1v) is 8.25. The SMILES string of the molecule is NC(=O)CN1CCC[C@@]2(CCC(=O)N(Cc3ccccn3)C2)C1. The molecule has 2 saturated heterocycles. The Balaban J connectivity index is 1.69. The highest BCUT2D eigenvalue weighted by Crippen LogP contribution is 2.39. The highest BCUT2D eigenvalue weighted by Gasteiger charge is 2.41. The summed E-state index contributed by atoms with van der Waals surface area (Å²) in [7, 11) is 0. The van der Waals surface area contributed by atoms with Crippen molar-refractivity contribution >= 4 is 11.8 Å². The first kappa shape index (κ1) is 15.9. The molecule has 23 heavy (non-hydrogen) atoms. The van der Waals surface area contributed by atoms with E-state index in [-0.39, 0.29) is 17.2 Å². The zero-order valence-electron chi connectivity index (χ0n) is 13.4. The molecule has 124 valence electrons. The van der Waals surface area contributed by atoms with Gasteiger partial charge in [0, 0.05) is 31.1 Å². The summed E-state index contributed by atoms with van der Waals surface area (Å²) in [6.07, 6.45) is 5.40. The largest absolute Gasteiger partial charge is 0.369 e. The van der Waals surface area contributed by atoms with Crippen LogP contribution in [0, 0.1) is 5.41 Å². The second-order valence-corrected chi connectivity index (χ2v) is 6.85. The van der Waals surface area contributed by atoms with Crippen molar-refractivity contribution in [3.8, 4) is 0 Å². The Bertz CT molecular complexity index is 577. The van der Waals surface area contributed by atoms with Crippen molar-refractivity contribution in [3.63, 3.8) is 0 Å². The molecule has 1 aromatic heterocycles. The van der Waals surface area contributed by atoms with Crippen molar-refractivity contribution in [2.45, 2.75) is 32.2 Å². The molecule has 6 nitrogen and oxygen atoms in total. The first-order chi connectivity index (χ1) is 11.1. The van der Waals surface area contributed by atoms with Crippen molar-refractivity contribution in [2.75, 3.05) is 26.2 Å². The van der Waals surface area contributed by atoms with Crippen LogP contribution in [0.4, 0.5) is 0 Å². The molecule has 3 heterocycles. The normalized spacial score (nSPS) is 25.7. The molecule has 1 spiro atoms. The van der Waals surface area contributed by atoms with Gasteiger partial charge in [0.2, 0.25) is 11.8 Å². The fraction of sp³-hybridized carbons (Fsp3) is 0.588. The molecule has 1 aromatic rings. The summed E-state index contributed by atoms with van der Waals surface area (Å²) in [5.41, 5.74) is 6.35. The van der Waals surface area contributed by atoms with Crippen LogP contribution in [-0.4, -0.2) is 52.8 Å². The highest BCUT2D eigenvalue weighted by molar-refractivity contribution is 5.77. The van der Waals surface area contributed by atoms with Crippen LogP contribution in [0.15, 0.2) is 24.4 Å². The van der Waals surface area contributed by atoms with Crippen LogP contribution in [-0.2, 0) is 16.1 Å². The van der Waals surface area contributed by atoms with Gasteiger partial charge in [0.15, 0.2) is 0 Å². The minimum absolute atomic E-state index is 0.0936. The van der Waals surface area contributed by atoms with Crippen molar-refractivity contribution < 1.29 is 9.59 Å². The number of hydrogen-bond donors (Lipinski definition) is 1. The highest BCUT2D eigenvalue weighted by atomic mass is 16.2. The number of likely N-dealkylation sites (tertiary alicyclic amines) is 2. The van der Waals surface area contributed by atoms with E-state index >= 15 is 0 Å². The fourth-order valence-electron chi connectivity index (χ4n) is 3.93. The van der Waals surface area contributed by atoms with Gasteiger partial charge in [-0.1, -0.05) is 6.07 Å². The van der Waals surface area contributed by atoms with Crippen LogP contribution in [0.3, 0.4) is 0 Å². The van der Waals surface area contributed by atoms with E-state index < -0.39 is 0 Å². The van der Waals surface area contributed by atoms with E-state index in [9.17, 15) is 9.59 Å². The van der Waals surface area contributed by atoms with Crippen LogP contribution in [0.1, 0.15) is 31.4 Å². The Labute approximate surface area is 136 Å². The molecule has 2 fully saturated rings. The number of primary amides is 1. The van der Waals surface area contributed by atoms with Crippen LogP contribution >= 0.6 is 0 Å². The number of pyridine rings is 1. The van der Waals surface area contributed by atoms with Crippen molar-refractivity contribution in [2.24, 2.45) is 11.1 Å². The zero-order chi connectivity index (χ0) is 16.3. The molecular formula is C17H24N4O2. The maximum atomic E-state index is 12.3. The zero-order valence-corrected chi connectivity index (χ0v) is 13.4. The molecule has 6 heteroatoms. The Morgan fingerprint density at radius 1 is 1.30 bits per heavy atom. The van der Waals surface area contributed by atoms with Crippen molar-refractivity contribution in [1.29, 1.82) is 0 Å². The minimum Gasteiger partial charge on any atom is -0.369 e. The maximum Gasteiger partial charge on any atom is 0.231 e. The van der Waals surface area contributed by atoms with E-state index in [1.165, 1.54) is 0 Å². The molecule has 3 rings (SSSR count). The summed E-state index contributed by atoms with van der Waals surface area (Å²) in [5.74, 6) is -0.0763. The van der Waals surface area contributed by atoms with Crippen LogP contribution < -0.4 is 5.73 Å². The molecule has 2 N–H and O–H groups in total. The Morgan fingerprint density at radius 3 is 2.91 bits per heavy atom. The van der Waals surface area contributed by atoms with E-state index in [2.05, 4.69) is 9.88 Å². The molecule has 0 aliphatic carbocycles. The molecule has 0 unspecified atom stereocenters. The average Bonchev–Trinajstić information content (AvgIpc) is 2.52. The lowest BCUT2D eigenvalue weighted by Gasteiger charge is -2.48. The smallest absolute Gasteiger partial charge is 0.231 e. The lowest BCUT2D eigenvalue weighted by atomic mass is 9.73. The Kier molecular flexibility index (Phi) is 4.61. The van der Waals surface area contributed by atoms with E-state index in [1.54, 1.807) is 6.20 Å². The van der Waals surface area contributed by atoms with Gasteiger partial charge in [-0.3, -0.25) is 19.5 Å².